The smallest absolute Gasteiger partial charge is 0.231 e. The van der Waals surface area contributed by atoms with E-state index in [0.717, 1.165) is 16.8 Å². The summed E-state index contributed by atoms with van der Waals surface area (Å²) in [5, 5.41) is 6.27. The molecule has 1 aliphatic rings. The van der Waals surface area contributed by atoms with Crippen LogP contribution in [-0.4, -0.2) is 11.8 Å². The largest absolute Gasteiger partial charge is 0.326 e. The number of nitrogens with one attached hydrogen (secondary N) is 2. The van der Waals surface area contributed by atoms with Gasteiger partial charge < -0.3 is 10.6 Å². The van der Waals surface area contributed by atoms with Crippen LogP contribution in [0.3, 0.4) is 0 Å². The molecular formula is C17H15ClN2O2. The van der Waals surface area contributed by atoms with E-state index in [0.29, 0.717) is 10.7 Å². The lowest BCUT2D eigenvalue weighted by molar-refractivity contribution is -0.117. The molecule has 22 heavy (non-hydrogen) atoms. The van der Waals surface area contributed by atoms with Crippen LogP contribution in [0.1, 0.15) is 24.0 Å². The molecule has 1 aliphatic heterocycles. The van der Waals surface area contributed by atoms with Gasteiger partial charge in [0.15, 0.2) is 0 Å². The monoisotopic (exact) mass is 314 g/mol. The highest BCUT2D eigenvalue weighted by molar-refractivity contribution is 6.30. The lowest BCUT2D eigenvalue weighted by Crippen LogP contribution is -2.14. The topological polar surface area (TPSA) is 58.2 Å². The first-order valence-corrected chi connectivity index (χ1v) is 7.40. The van der Waals surface area contributed by atoms with Gasteiger partial charge in [-0.1, -0.05) is 23.7 Å². The van der Waals surface area contributed by atoms with Gasteiger partial charge in [0.1, 0.15) is 0 Å². The number of anilines is 2. The summed E-state index contributed by atoms with van der Waals surface area (Å²) in [5.74, 6) is -0.329. The zero-order valence-electron chi connectivity index (χ0n) is 12.0. The van der Waals surface area contributed by atoms with E-state index in [-0.39, 0.29) is 24.2 Å². The minimum Gasteiger partial charge on any atom is -0.326 e. The Labute approximate surface area is 133 Å². The summed E-state index contributed by atoms with van der Waals surface area (Å²) in [4.78, 5) is 23.7. The molecule has 0 aromatic heterocycles. The third-order valence-electron chi connectivity index (χ3n) is 3.71. The predicted octanol–water partition coefficient (Wildman–Crippen LogP) is 3.58. The normalized spacial score (nSPS) is 16.1. The van der Waals surface area contributed by atoms with Crippen molar-refractivity contribution in [3.05, 3.63) is 58.6 Å². The third kappa shape index (κ3) is 2.97. The van der Waals surface area contributed by atoms with Crippen LogP contribution in [0.15, 0.2) is 42.5 Å². The van der Waals surface area contributed by atoms with Gasteiger partial charge in [-0.25, -0.2) is 0 Å². The maximum Gasteiger partial charge on any atom is 0.231 e. The number of rotatable bonds is 3. The van der Waals surface area contributed by atoms with E-state index in [1.165, 1.54) is 0 Å². The first-order valence-electron chi connectivity index (χ1n) is 7.02. The van der Waals surface area contributed by atoms with Gasteiger partial charge in [-0.05, 0) is 48.4 Å². The summed E-state index contributed by atoms with van der Waals surface area (Å²) >= 11 is 5.91. The molecule has 1 atom stereocenters. The Balaban J connectivity index is 1.71. The Morgan fingerprint density at radius 2 is 2.09 bits per heavy atom. The molecule has 0 spiro atoms. The molecular weight excluding hydrogens is 300 g/mol. The van der Waals surface area contributed by atoms with Crippen molar-refractivity contribution in [3.8, 4) is 0 Å². The van der Waals surface area contributed by atoms with Gasteiger partial charge in [-0.3, -0.25) is 9.59 Å². The zero-order chi connectivity index (χ0) is 15.7. The molecule has 0 saturated carbocycles. The number of benzene rings is 2. The Morgan fingerprint density at radius 3 is 2.86 bits per heavy atom. The number of hydrogen-bond acceptors (Lipinski definition) is 2. The number of carbonyl (C=O) groups excluding carboxylic acids is 2. The molecule has 0 aliphatic carbocycles. The fourth-order valence-electron chi connectivity index (χ4n) is 2.53. The molecule has 2 amide bonds. The molecule has 4 nitrogen and oxygen atoms in total. The van der Waals surface area contributed by atoms with Crippen LogP contribution in [0.2, 0.25) is 5.02 Å². The van der Waals surface area contributed by atoms with Crippen LogP contribution in [0.25, 0.3) is 0 Å². The van der Waals surface area contributed by atoms with E-state index in [1.54, 1.807) is 18.2 Å². The van der Waals surface area contributed by atoms with Gasteiger partial charge in [-0.15, -0.1) is 0 Å². The Bertz CT molecular complexity index is 758. The van der Waals surface area contributed by atoms with Crippen molar-refractivity contribution in [2.75, 3.05) is 10.6 Å². The summed E-state index contributed by atoms with van der Waals surface area (Å²) in [6.07, 6.45) is 0.254. The second-order valence-corrected chi connectivity index (χ2v) is 5.80. The average molecular weight is 315 g/mol. The van der Waals surface area contributed by atoms with Gasteiger partial charge in [0, 0.05) is 16.4 Å². The van der Waals surface area contributed by atoms with E-state index >= 15 is 0 Å². The van der Waals surface area contributed by atoms with Crippen molar-refractivity contribution in [1.29, 1.82) is 0 Å². The van der Waals surface area contributed by atoms with Crippen molar-refractivity contribution >= 4 is 34.8 Å². The first kappa shape index (κ1) is 14.6. The molecule has 0 radical (unpaired) electrons. The van der Waals surface area contributed by atoms with Crippen LogP contribution in [-0.2, 0) is 16.0 Å². The van der Waals surface area contributed by atoms with Gasteiger partial charge in [0.05, 0.1) is 12.3 Å². The Kier molecular flexibility index (Phi) is 3.86. The number of hydrogen-bond donors (Lipinski definition) is 2. The Hall–Kier alpha value is -2.33. The molecule has 3 rings (SSSR count). The minimum absolute atomic E-state index is 0.0163. The highest BCUT2D eigenvalue weighted by Gasteiger charge is 2.26. The predicted molar refractivity (Wildman–Crippen MR) is 87.3 cm³/mol. The second kappa shape index (κ2) is 5.81. The Morgan fingerprint density at radius 1 is 1.27 bits per heavy atom. The van der Waals surface area contributed by atoms with Crippen molar-refractivity contribution in [1.82, 2.24) is 0 Å². The summed E-state index contributed by atoms with van der Waals surface area (Å²) in [7, 11) is 0. The van der Waals surface area contributed by atoms with Crippen LogP contribution >= 0.6 is 11.6 Å². The molecule has 1 unspecified atom stereocenters. The second-order valence-electron chi connectivity index (χ2n) is 5.37. The molecule has 0 bridgehead atoms. The first-order chi connectivity index (χ1) is 10.5. The van der Waals surface area contributed by atoms with Crippen LogP contribution in [0.5, 0.6) is 0 Å². The van der Waals surface area contributed by atoms with Crippen molar-refractivity contribution < 1.29 is 9.59 Å². The van der Waals surface area contributed by atoms with Crippen LogP contribution < -0.4 is 10.6 Å². The van der Waals surface area contributed by atoms with Gasteiger partial charge in [-0.2, -0.15) is 0 Å². The summed E-state index contributed by atoms with van der Waals surface area (Å²) in [5.41, 5.74) is 3.27. The molecule has 2 aromatic carbocycles. The van der Waals surface area contributed by atoms with Crippen molar-refractivity contribution in [2.45, 2.75) is 19.3 Å². The zero-order valence-corrected chi connectivity index (χ0v) is 12.8. The van der Waals surface area contributed by atoms with Crippen molar-refractivity contribution in [3.63, 3.8) is 0 Å². The molecule has 0 saturated heterocycles. The van der Waals surface area contributed by atoms with E-state index in [1.807, 2.05) is 31.2 Å². The number of carbonyl (C=O) groups is 2. The standard InChI is InChI=1S/C17H15ClN2O2/c1-10-14-9-13(5-6-15(14)20-17(10)22)19-16(21)8-11-3-2-4-12(18)7-11/h2-7,9-10H,8H2,1H3,(H,19,21)(H,20,22). The van der Waals surface area contributed by atoms with Gasteiger partial charge >= 0.3 is 0 Å². The average Bonchev–Trinajstić information content (AvgIpc) is 2.74. The lowest BCUT2D eigenvalue weighted by Gasteiger charge is -2.08. The quantitative estimate of drug-likeness (QED) is 0.909. The highest BCUT2D eigenvalue weighted by Crippen LogP contribution is 2.34. The minimum atomic E-state index is -0.195. The number of halogens is 1. The van der Waals surface area contributed by atoms with Crippen LogP contribution in [0, 0.1) is 0 Å². The third-order valence-corrected chi connectivity index (χ3v) is 3.94. The highest BCUT2D eigenvalue weighted by atomic mass is 35.5. The molecule has 5 heteroatoms. The van der Waals surface area contributed by atoms with E-state index in [2.05, 4.69) is 10.6 Å². The lowest BCUT2D eigenvalue weighted by atomic mass is 10.0. The molecule has 2 aromatic rings. The summed E-state index contributed by atoms with van der Waals surface area (Å²) in [6.45, 7) is 1.85. The summed E-state index contributed by atoms with van der Waals surface area (Å²) in [6, 6.07) is 12.7. The number of fused-ring (bicyclic) bond motifs is 1. The van der Waals surface area contributed by atoms with Gasteiger partial charge in [0.25, 0.3) is 0 Å². The maximum atomic E-state index is 12.1. The maximum absolute atomic E-state index is 12.1. The molecule has 2 N–H and O–H groups in total. The molecule has 1 heterocycles. The van der Waals surface area contributed by atoms with Gasteiger partial charge in [0.2, 0.25) is 11.8 Å². The van der Waals surface area contributed by atoms with Crippen molar-refractivity contribution in [2.24, 2.45) is 0 Å². The fourth-order valence-corrected chi connectivity index (χ4v) is 2.75. The van der Waals surface area contributed by atoms with Crippen LogP contribution in [0.4, 0.5) is 11.4 Å². The molecule has 112 valence electrons. The van der Waals surface area contributed by atoms with E-state index in [9.17, 15) is 9.59 Å². The SMILES string of the molecule is CC1C(=O)Nc2ccc(NC(=O)Cc3cccc(Cl)c3)cc21. The summed E-state index contributed by atoms with van der Waals surface area (Å²) < 4.78 is 0. The van der Waals surface area contributed by atoms with E-state index in [4.69, 9.17) is 11.6 Å². The molecule has 0 fully saturated rings. The van der Waals surface area contributed by atoms with E-state index < -0.39 is 0 Å². The number of amides is 2. The fraction of sp³-hybridized carbons (Fsp3) is 0.176.